The predicted molar refractivity (Wildman–Crippen MR) is 146 cm³/mol. The highest BCUT2D eigenvalue weighted by molar-refractivity contribution is 4.82. The van der Waals surface area contributed by atoms with Crippen molar-refractivity contribution in [3.63, 3.8) is 0 Å². The predicted octanol–water partition coefficient (Wildman–Crippen LogP) is 5.07. The molecular weight excluding hydrogens is 414 g/mol. The molecule has 0 bridgehead atoms. The lowest BCUT2D eigenvalue weighted by Crippen LogP contribution is -2.48. The van der Waals surface area contributed by atoms with E-state index in [0.29, 0.717) is 23.1 Å². The van der Waals surface area contributed by atoms with Gasteiger partial charge in [0.1, 0.15) is 0 Å². The molecule has 2 unspecified atom stereocenters. The lowest BCUT2D eigenvalue weighted by Gasteiger charge is -2.38. The van der Waals surface area contributed by atoms with Crippen LogP contribution >= 0.6 is 0 Å². The van der Waals surface area contributed by atoms with Crippen molar-refractivity contribution in [3.05, 3.63) is 0 Å². The number of nitrogens with zero attached hydrogens (tertiary/aromatic N) is 1. The Morgan fingerprint density at radius 1 is 0.697 bits per heavy atom. The summed E-state index contributed by atoms with van der Waals surface area (Å²) in [7, 11) is 0. The van der Waals surface area contributed by atoms with Crippen molar-refractivity contribution in [3.8, 4) is 0 Å². The highest BCUT2D eigenvalue weighted by atomic mass is 16.5. The van der Waals surface area contributed by atoms with E-state index in [-0.39, 0.29) is 27.7 Å². The summed E-state index contributed by atoms with van der Waals surface area (Å²) in [4.78, 5) is 2.45. The summed E-state index contributed by atoms with van der Waals surface area (Å²) in [6.45, 7) is 29.7. The summed E-state index contributed by atoms with van der Waals surface area (Å²) in [5, 5.41) is 6.75. The van der Waals surface area contributed by atoms with E-state index in [9.17, 15) is 0 Å². The average molecular weight is 478 g/mol. The van der Waals surface area contributed by atoms with Gasteiger partial charge in [0.05, 0.1) is 39.1 Å². The molecular formula is C27H63N3O3. The van der Waals surface area contributed by atoms with E-state index in [2.05, 4.69) is 77.8 Å². The smallest absolute Gasteiger partial charge is 0.0748 e. The monoisotopic (exact) mass is 477 g/mol. The Kier molecular flexibility index (Phi) is 19.5. The first kappa shape index (κ1) is 37.3. The highest BCUT2D eigenvalue weighted by Crippen LogP contribution is 2.22. The van der Waals surface area contributed by atoms with Crippen LogP contribution in [0.2, 0.25) is 0 Å². The third-order valence-electron chi connectivity index (χ3n) is 5.82. The molecule has 3 aliphatic heterocycles. The Labute approximate surface area is 208 Å². The van der Waals surface area contributed by atoms with Crippen LogP contribution in [0.1, 0.15) is 84.6 Å². The molecule has 0 aromatic heterocycles. The Morgan fingerprint density at radius 2 is 1.27 bits per heavy atom. The fourth-order valence-electron chi connectivity index (χ4n) is 3.48. The molecule has 0 radical (unpaired) electrons. The zero-order chi connectivity index (χ0) is 22.8. The maximum Gasteiger partial charge on any atom is 0.0748 e. The summed E-state index contributed by atoms with van der Waals surface area (Å²) in [5.41, 5.74) is 0.942. The second-order valence-electron chi connectivity index (χ2n) is 11.6. The molecule has 3 fully saturated rings. The lowest BCUT2D eigenvalue weighted by molar-refractivity contribution is -0.0361. The maximum atomic E-state index is 5.58. The van der Waals surface area contributed by atoms with E-state index >= 15 is 0 Å². The Hall–Kier alpha value is -0.240. The van der Waals surface area contributed by atoms with E-state index in [1.165, 1.54) is 0 Å². The fraction of sp³-hybridized carbons (Fsp3) is 1.00. The van der Waals surface area contributed by atoms with Crippen molar-refractivity contribution >= 4 is 0 Å². The average Bonchev–Trinajstić information content (AvgIpc) is 2.69. The molecule has 2 N–H and O–H groups in total. The third-order valence-corrected chi connectivity index (χ3v) is 5.82. The van der Waals surface area contributed by atoms with Gasteiger partial charge in [-0.3, -0.25) is 4.90 Å². The Morgan fingerprint density at radius 3 is 1.55 bits per heavy atom. The number of rotatable bonds is 0. The minimum Gasteiger partial charge on any atom is -0.379 e. The van der Waals surface area contributed by atoms with Crippen molar-refractivity contribution in [2.75, 3.05) is 65.8 Å². The summed E-state index contributed by atoms with van der Waals surface area (Å²) in [5.74, 6) is 0. The van der Waals surface area contributed by atoms with Crippen LogP contribution in [0, 0.1) is 10.8 Å². The number of nitrogens with one attached hydrogen (secondary N) is 2. The van der Waals surface area contributed by atoms with Crippen molar-refractivity contribution in [1.82, 2.24) is 15.5 Å². The molecule has 3 heterocycles. The second kappa shape index (κ2) is 17.2. The van der Waals surface area contributed by atoms with Crippen LogP contribution in [0.3, 0.4) is 0 Å². The van der Waals surface area contributed by atoms with Crippen LogP contribution in [-0.4, -0.2) is 88.3 Å². The molecule has 0 spiro atoms. The molecule has 2 atom stereocenters. The lowest BCUT2D eigenvalue weighted by atomic mass is 9.87. The fourth-order valence-corrected chi connectivity index (χ4v) is 3.48. The summed E-state index contributed by atoms with van der Waals surface area (Å²) in [6, 6.07) is 0.529. The van der Waals surface area contributed by atoms with E-state index in [4.69, 9.17) is 14.2 Å². The van der Waals surface area contributed by atoms with Crippen LogP contribution in [0.25, 0.3) is 0 Å². The van der Waals surface area contributed by atoms with Gasteiger partial charge in [0.25, 0.3) is 0 Å². The molecule has 3 aliphatic rings. The second-order valence-corrected chi connectivity index (χ2v) is 11.6. The SMILES string of the molecule is C.C.C.CC(C)(C)C1CNCCO1.CC(C)(C)C1COCCN1.CC(C)(C)N1CCOCC1. The summed E-state index contributed by atoms with van der Waals surface area (Å²) >= 11 is 0. The van der Waals surface area contributed by atoms with Crippen molar-refractivity contribution < 1.29 is 14.2 Å². The van der Waals surface area contributed by atoms with Crippen LogP contribution < -0.4 is 10.6 Å². The molecule has 0 amide bonds. The van der Waals surface area contributed by atoms with Gasteiger partial charge >= 0.3 is 0 Å². The minimum atomic E-state index is 0. The molecule has 3 rings (SSSR count). The van der Waals surface area contributed by atoms with E-state index in [1.54, 1.807) is 0 Å². The Balaban J connectivity index is -0.000000391. The van der Waals surface area contributed by atoms with Crippen molar-refractivity contribution in [1.29, 1.82) is 0 Å². The molecule has 3 saturated heterocycles. The largest absolute Gasteiger partial charge is 0.379 e. The molecule has 0 aliphatic carbocycles. The number of hydrogen-bond acceptors (Lipinski definition) is 6. The van der Waals surface area contributed by atoms with Gasteiger partial charge in [-0.15, -0.1) is 0 Å². The topological polar surface area (TPSA) is 55.0 Å². The highest BCUT2D eigenvalue weighted by Gasteiger charge is 2.27. The van der Waals surface area contributed by atoms with Crippen LogP contribution in [0.5, 0.6) is 0 Å². The van der Waals surface area contributed by atoms with Gasteiger partial charge in [-0.1, -0.05) is 63.8 Å². The summed E-state index contributed by atoms with van der Waals surface area (Å²) in [6.07, 6.45) is 0.390. The minimum absolute atomic E-state index is 0. The first-order chi connectivity index (χ1) is 13.8. The number of ether oxygens (including phenoxy) is 3. The van der Waals surface area contributed by atoms with Gasteiger partial charge in [0, 0.05) is 44.3 Å². The van der Waals surface area contributed by atoms with E-state index < -0.39 is 0 Å². The van der Waals surface area contributed by atoms with Crippen LogP contribution in [0.15, 0.2) is 0 Å². The zero-order valence-corrected chi connectivity index (χ0v) is 21.4. The van der Waals surface area contributed by atoms with E-state index in [1.807, 2.05) is 0 Å². The van der Waals surface area contributed by atoms with Crippen molar-refractivity contribution in [2.45, 2.75) is 102 Å². The Bertz CT molecular complexity index is 368. The van der Waals surface area contributed by atoms with Gasteiger partial charge in [-0.25, -0.2) is 0 Å². The van der Waals surface area contributed by atoms with Crippen LogP contribution in [-0.2, 0) is 14.2 Å². The standard InChI is InChI=1S/3C8H17NO.3CH4/c1-8(2,3)9-4-6-10-7-5-9;1-8(2,3)7-6-10-5-4-9-7;1-8(2,3)7-6-9-4-5-10-7;;;/h4-7H2,1-3H3;2*7,9H,4-6H2,1-3H3;3*1H4. The van der Waals surface area contributed by atoms with Gasteiger partial charge in [-0.05, 0) is 31.6 Å². The molecule has 0 aromatic rings. The van der Waals surface area contributed by atoms with E-state index in [0.717, 1.165) is 65.8 Å². The number of hydrogen-bond donors (Lipinski definition) is 2. The molecule has 33 heavy (non-hydrogen) atoms. The first-order valence-corrected chi connectivity index (χ1v) is 11.8. The maximum absolute atomic E-state index is 5.58. The molecule has 0 aromatic carbocycles. The van der Waals surface area contributed by atoms with Gasteiger partial charge in [-0.2, -0.15) is 0 Å². The van der Waals surface area contributed by atoms with Gasteiger partial charge < -0.3 is 24.8 Å². The quantitative estimate of drug-likeness (QED) is 0.508. The first-order valence-electron chi connectivity index (χ1n) is 11.8. The molecule has 0 saturated carbocycles. The summed E-state index contributed by atoms with van der Waals surface area (Å²) < 4.78 is 16.2. The van der Waals surface area contributed by atoms with Crippen molar-refractivity contribution in [2.24, 2.45) is 10.8 Å². The third kappa shape index (κ3) is 16.1. The molecule has 204 valence electrons. The number of morpholine rings is 3. The van der Waals surface area contributed by atoms with Crippen LogP contribution in [0.4, 0.5) is 0 Å². The molecule has 6 nitrogen and oxygen atoms in total. The van der Waals surface area contributed by atoms with Gasteiger partial charge in [0.2, 0.25) is 0 Å². The zero-order valence-electron chi connectivity index (χ0n) is 21.4. The molecule has 6 heteroatoms. The normalized spacial score (nSPS) is 24.3. The van der Waals surface area contributed by atoms with Gasteiger partial charge in [0.15, 0.2) is 0 Å².